The van der Waals surface area contributed by atoms with Gasteiger partial charge >= 0.3 is 0 Å². The molecule has 1 heterocycles. The van der Waals surface area contributed by atoms with Crippen molar-refractivity contribution in [3.05, 3.63) is 53.6 Å². The van der Waals surface area contributed by atoms with Crippen LogP contribution in [0.1, 0.15) is 23.7 Å². The maximum Gasteiger partial charge on any atom is 0.265 e. The van der Waals surface area contributed by atoms with Crippen molar-refractivity contribution in [2.24, 2.45) is 0 Å². The van der Waals surface area contributed by atoms with Crippen LogP contribution >= 0.6 is 0 Å². The Morgan fingerprint density at radius 1 is 1.19 bits per heavy atom. The molecule has 1 aliphatic rings. The summed E-state index contributed by atoms with van der Waals surface area (Å²) in [7, 11) is -4.35. The van der Waals surface area contributed by atoms with Gasteiger partial charge in [-0.05, 0) is 36.8 Å². The van der Waals surface area contributed by atoms with Crippen molar-refractivity contribution >= 4 is 27.5 Å². The summed E-state index contributed by atoms with van der Waals surface area (Å²) in [5.41, 5.74) is -0.353. The van der Waals surface area contributed by atoms with Crippen molar-refractivity contribution < 1.29 is 31.5 Å². The predicted octanol–water partition coefficient (Wildman–Crippen LogP) is 2.19. The van der Waals surface area contributed by atoms with E-state index in [0.717, 1.165) is 6.07 Å². The van der Waals surface area contributed by atoms with Crippen LogP contribution in [0.25, 0.3) is 0 Å². The van der Waals surface area contributed by atoms with Gasteiger partial charge in [-0.25, -0.2) is 21.9 Å². The lowest BCUT2D eigenvalue weighted by atomic mass is 10.2. The molecule has 0 aliphatic carbocycles. The first kappa shape index (κ1) is 18.8. The first-order chi connectivity index (χ1) is 12.7. The van der Waals surface area contributed by atoms with E-state index in [9.17, 15) is 26.8 Å². The molecule has 0 saturated heterocycles. The molecule has 10 heteroatoms. The molecule has 27 heavy (non-hydrogen) atoms. The average Bonchev–Trinajstić information content (AvgIpc) is 2.59. The molecule has 2 aromatic carbocycles. The van der Waals surface area contributed by atoms with Gasteiger partial charge in [0, 0.05) is 11.6 Å². The highest BCUT2D eigenvalue weighted by molar-refractivity contribution is 7.90. The Hall–Kier alpha value is -3.01. The molecular formula is C17H14F2N2O5S. The lowest BCUT2D eigenvalue weighted by Gasteiger charge is -2.25. The van der Waals surface area contributed by atoms with Crippen molar-refractivity contribution in [2.45, 2.75) is 24.3 Å². The van der Waals surface area contributed by atoms with E-state index in [0.29, 0.717) is 30.4 Å². The second kappa shape index (κ2) is 6.95. The first-order valence-corrected chi connectivity index (χ1v) is 9.32. The highest BCUT2D eigenvalue weighted by atomic mass is 32.2. The zero-order valence-corrected chi connectivity index (χ0v) is 14.8. The number of carbonyl (C=O) groups excluding carboxylic acids is 2. The largest absolute Gasteiger partial charge is 0.478 e. The number of hydrogen-bond donors (Lipinski definition) is 2. The number of sulfonamides is 1. The van der Waals surface area contributed by atoms with E-state index in [1.54, 1.807) is 11.6 Å². The Labute approximate surface area is 153 Å². The van der Waals surface area contributed by atoms with Crippen LogP contribution in [-0.4, -0.2) is 26.3 Å². The molecule has 0 bridgehead atoms. The third-order valence-corrected chi connectivity index (χ3v) is 5.13. The summed E-state index contributed by atoms with van der Waals surface area (Å²) >= 11 is 0. The van der Waals surface area contributed by atoms with E-state index in [2.05, 4.69) is 5.32 Å². The number of amides is 2. The van der Waals surface area contributed by atoms with Crippen LogP contribution in [0.2, 0.25) is 0 Å². The van der Waals surface area contributed by atoms with Crippen molar-refractivity contribution in [2.75, 3.05) is 5.32 Å². The smallest absolute Gasteiger partial charge is 0.265 e. The van der Waals surface area contributed by atoms with Gasteiger partial charge < -0.3 is 10.1 Å². The molecule has 142 valence electrons. The summed E-state index contributed by atoms with van der Waals surface area (Å²) in [5.74, 6) is -3.36. The molecule has 1 aliphatic heterocycles. The van der Waals surface area contributed by atoms with Gasteiger partial charge in [-0.3, -0.25) is 9.59 Å². The highest BCUT2D eigenvalue weighted by Gasteiger charge is 2.28. The fourth-order valence-corrected chi connectivity index (χ4v) is 3.49. The monoisotopic (exact) mass is 396 g/mol. The van der Waals surface area contributed by atoms with Crippen LogP contribution in [0.5, 0.6) is 5.75 Å². The minimum Gasteiger partial charge on any atom is -0.478 e. The van der Waals surface area contributed by atoms with Gasteiger partial charge in [-0.2, -0.15) is 0 Å². The van der Waals surface area contributed by atoms with Crippen molar-refractivity contribution in [3.63, 3.8) is 0 Å². The van der Waals surface area contributed by atoms with Crippen LogP contribution in [0.4, 0.5) is 14.5 Å². The Morgan fingerprint density at radius 3 is 2.48 bits per heavy atom. The van der Waals surface area contributed by atoms with E-state index in [-0.39, 0.29) is 10.6 Å². The normalized spacial score (nSPS) is 16.1. The zero-order chi connectivity index (χ0) is 19.8. The van der Waals surface area contributed by atoms with Gasteiger partial charge in [0.15, 0.2) is 6.10 Å². The topological polar surface area (TPSA) is 102 Å². The van der Waals surface area contributed by atoms with E-state index in [1.165, 1.54) is 12.1 Å². The third-order valence-electron chi connectivity index (χ3n) is 3.80. The number of fused-ring (bicyclic) bond motifs is 1. The Kier molecular flexibility index (Phi) is 4.83. The van der Waals surface area contributed by atoms with E-state index in [1.807, 2.05) is 0 Å². The van der Waals surface area contributed by atoms with Crippen molar-refractivity contribution in [3.8, 4) is 5.75 Å². The van der Waals surface area contributed by atoms with Gasteiger partial charge in [-0.1, -0.05) is 6.92 Å². The summed E-state index contributed by atoms with van der Waals surface area (Å²) in [4.78, 5) is 23.6. The molecule has 1 atom stereocenters. The molecule has 0 spiro atoms. The Morgan fingerprint density at radius 2 is 1.85 bits per heavy atom. The average molecular weight is 396 g/mol. The fraction of sp³-hybridized carbons (Fsp3) is 0.176. The van der Waals surface area contributed by atoms with Crippen molar-refractivity contribution in [1.82, 2.24) is 4.72 Å². The molecule has 2 amide bonds. The first-order valence-electron chi connectivity index (χ1n) is 7.84. The fourth-order valence-electron chi connectivity index (χ4n) is 2.49. The highest BCUT2D eigenvalue weighted by Crippen LogP contribution is 2.32. The molecule has 0 unspecified atom stereocenters. The van der Waals surface area contributed by atoms with E-state index in [4.69, 9.17) is 4.74 Å². The number of halogens is 2. The van der Waals surface area contributed by atoms with Crippen molar-refractivity contribution in [1.29, 1.82) is 0 Å². The lowest BCUT2D eigenvalue weighted by Crippen LogP contribution is -2.36. The molecule has 3 rings (SSSR count). The second-order valence-corrected chi connectivity index (χ2v) is 7.44. The Balaban J connectivity index is 1.86. The van der Waals surface area contributed by atoms with Gasteiger partial charge in [0.05, 0.1) is 10.6 Å². The van der Waals surface area contributed by atoms with Crippen LogP contribution < -0.4 is 14.8 Å². The standard InChI is InChI=1S/C17H14F2N2O5S/c1-2-14-17(23)20-13-8-12(3-4-15(13)26-14)27(24,25)21-16(22)9-5-10(18)7-11(19)6-9/h3-8,14H,2H2,1H3,(H,20,23)(H,21,22)/t14-/m0/s1. The molecule has 2 N–H and O–H groups in total. The maximum absolute atomic E-state index is 13.2. The number of carbonyl (C=O) groups is 2. The second-order valence-electron chi connectivity index (χ2n) is 5.75. The van der Waals surface area contributed by atoms with Crippen LogP contribution in [-0.2, 0) is 14.8 Å². The van der Waals surface area contributed by atoms with E-state index >= 15 is 0 Å². The Bertz CT molecular complexity index is 1020. The number of anilines is 1. The van der Waals surface area contributed by atoms with Crippen LogP contribution in [0.3, 0.4) is 0 Å². The summed E-state index contributed by atoms with van der Waals surface area (Å²) < 4.78 is 58.4. The molecule has 0 radical (unpaired) electrons. The number of ether oxygens (including phenoxy) is 1. The summed E-state index contributed by atoms with van der Waals surface area (Å²) in [6.45, 7) is 1.76. The van der Waals surface area contributed by atoms with Gasteiger partial charge in [-0.15, -0.1) is 0 Å². The van der Waals surface area contributed by atoms with Gasteiger partial charge in [0.1, 0.15) is 17.4 Å². The minimum atomic E-state index is -4.35. The molecule has 0 aromatic heterocycles. The minimum absolute atomic E-state index is 0.136. The van der Waals surface area contributed by atoms with E-state index < -0.39 is 45.1 Å². The predicted molar refractivity (Wildman–Crippen MR) is 90.8 cm³/mol. The SMILES string of the molecule is CC[C@@H]1Oc2ccc(S(=O)(=O)NC(=O)c3cc(F)cc(F)c3)cc2NC1=O. The summed E-state index contributed by atoms with van der Waals surface area (Å²) in [6, 6.07) is 5.63. The van der Waals surface area contributed by atoms with Crippen LogP contribution in [0.15, 0.2) is 41.3 Å². The molecular weight excluding hydrogens is 382 g/mol. The quantitative estimate of drug-likeness (QED) is 0.825. The summed E-state index contributed by atoms with van der Waals surface area (Å²) in [5, 5.41) is 2.53. The maximum atomic E-state index is 13.2. The molecule has 0 saturated carbocycles. The number of benzene rings is 2. The van der Waals surface area contributed by atoms with Gasteiger partial charge in [0.2, 0.25) is 0 Å². The number of rotatable bonds is 4. The third kappa shape index (κ3) is 3.90. The summed E-state index contributed by atoms with van der Waals surface area (Å²) in [6.07, 6.45) is -0.242. The molecule has 0 fully saturated rings. The molecule has 2 aromatic rings. The lowest BCUT2D eigenvalue weighted by molar-refractivity contribution is -0.123. The van der Waals surface area contributed by atoms with Gasteiger partial charge in [0.25, 0.3) is 21.8 Å². The number of nitrogens with one attached hydrogen (secondary N) is 2. The molecule has 7 nitrogen and oxygen atoms in total. The van der Waals surface area contributed by atoms with Crippen LogP contribution in [0, 0.1) is 11.6 Å². The number of hydrogen-bond acceptors (Lipinski definition) is 5. The zero-order valence-electron chi connectivity index (χ0n) is 14.0.